The molecule has 0 bridgehead atoms. The molecule has 0 aromatic heterocycles. The molecule has 0 aliphatic carbocycles. The van der Waals surface area contributed by atoms with Crippen LogP contribution in [0.5, 0.6) is 0 Å². The highest BCUT2D eigenvalue weighted by Gasteiger charge is 2.13. The van der Waals surface area contributed by atoms with Crippen molar-refractivity contribution in [3.8, 4) is 0 Å². The topological polar surface area (TPSA) is 29.1 Å². The molecule has 1 amide bonds. The number of nitrogens with one attached hydrogen (secondary N) is 1. The van der Waals surface area contributed by atoms with Crippen LogP contribution in [0.4, 0.5) is 0 Å². The van der Waals surface area contributed by atoms with E-state index in [1.807, 2.05) is 31.2 Å². The van der Waals surface area contributed by atoms with Crippen LogP contribution in [-0.2, 0) is 4.79 Å². The molecule has 24 heavy (non-hydrogen) atoms. The molecule has 128 valence electrons. The largest absolute Gasteiger partial charge is 0.350 e. The first kappa shape index (κ1) is 18.9. The molecule has 0 aliphatic heterocycles. The van der Waals surface area contributed by atoms with Crippen LogP contribution < -0.4 is 5.32 Å². The number of aryl methyl sites for hydroxylation is 3. The minimum atomic E-state index is 0.0253. The summed E-state index contributed by atoms with van der Waals surface area (Å²) in [6.07, 6.45) is 0.502. The molecule has 1 N–H and O–H groups in total. The van der Waals surface area contributed by atoms with Gasteiger partial charge in [0, 0.05) is 22.1 Å². The first-order valence-corrected chi connectivity index (χ1v) is 9.48. The van der Waals surface area contributed by atoms with E-state index in [-0.39, 0.29) is 11.9 Å². The van der Waals surface area contributed by atoms with Gasteiger partial charge in [-0.15, -0.1) is 11.8 Å². The average Bonchev–Trinajstić information content (AvgIpc) is 2.52. The molecule has 0 saturated carbocycles. The van der Waals surface area contributed by atoms with Crippen molar-refractivity contribution in [1.82, 2.24) is 5.32 Å². The Hall–Kier alpha value is -1.45. The zero-order valence-electron chi connectivity index (χ0n) is 14.7. The van der Waals surface area contributed by atoms with E-state index in [9.17, 15) is 4.79 Å². The number of thioether (sulfide) groups is 1. The SMILES string of the molecule is Cc1cc(C)c([C@H](C)NC(=O)CCSc2ccc(Cl)cc2)cc1C. The lowest BCUT2D eigenvalue weighted by Gasteiger charge is -2.18. The number of halogens is 1. The van der Waals surface area contributed by atoms with Crippen molar-refractivity contribution in [2.75, 3.05) is 5.75 Å². The molecule has 0 aliphatic rings. The van der Waals surface area contributed by atoms with Gasteiger partial charge in [0.1, 0.15) is 0 Å². The van der Waals surface area contributed by atoms with Crippen LogP contribution in [0.2, 0.25) is 5.02 Å². The predicted molar refractivity (Wildman–Crippen MR) is 104 cm³/mol. The number of carbonyl (C=O) groups is 1. The number of rotatable bonds is 6. The Morgan fingerprint density at radius 2 is 1.71 bits per heavy atom. The summed E-state index contributed by atoms with van der Waals surface area (Å²) in [5.41, 5.74) is 4.96. The monoisotopic (exact) mass is 361 g/mol. The van der Waals surface area contributed by atoms with Gasteiger partial charge in [-0.2, -0.15) is 0 Å². The second kappa shape index (κ2) is 8.59. The van der Waals surface area contributed by atoms with Crippen molar-refractivity contribution in [1.29, 1.82) is 0 Å². The quantitative estimate of drug-likeness (QED) is 0.676. The Bertz CT molecular complexity index is 712. The molecule has 0 heterocycles. The van der Waals surface area contributed by atoms with Crippen LogP contribution in [0.3, 0.4) is 0 Å². The minimum Gasteiger partial charge on any atom is -0.350 e. The highest BCUT2D eigenvalue weighted by molar-refractivity contribution is 7.99. The van der Waals surface area contributed by atoms with E-state index in [0.29, 0.717) is 6.42 Å². The molecule has 0 fully saturated rings. The average molecular weight is 362 g/mol. The molecule has 0 unspecified atom stereocenters. The van der Waals surface area contributed by atoms with Crippen molar-refractivity contribution in [2.24, 2.45) is 0 Å². The smallest absolute Gasteiger partial charge is 0.221 e. The molecule has 2 aromatic rings. The maximum atomic E-state index is 12.2. The van der Waals surface area contributed by atoms with Gasteiger partial charge in [-0.25, -0.2) is 0 Å². The van der Waals surface area contributed by atoms with Gasteiger partial charge in [-0.05, 0) is 74.2 Å². The highest BCUT2D eigenvalue weighted by atomic mass is 35.5. The van der Waals surface area contributed by atoms with Gasteiger partial charge in [0.15, 0.2) is 0 Å². The number of hydrogen-bond acceptors (Lipinski definition) is 2. The van der Waals surface area contributed by atoms with Gasteiger partial charge in [0.25, 0.3) is 0 Å². The third-order valence-corrected chi connectivity index (χ3v) is 5.40. The van der Waals surface area contributed by atoms with Gasteiger partial charge in [0.2, 0.25) is 5.91 Å². The normalized spacial score (nSPS) is 12.0. The number of benzene rings is 2. The molecule has 0 saturated heterocycles. The van der Waals surface area contributed by atoms with E-state index in [1.165, 1.54) is 22.3 Å². The van der Waals surface area contributed by atoms with Crippen LogP contribution in [0, 0.1) is 20.8 Å². The first-order valence-electron chi connectivity index (χ1n) is 8.12. The summed E-state index contributed by atoms with van der Waals surface area (Å²) in [7, 11) is 0. The van der Waals surface area contributed by atoms with Crippen LogP contribution >= 0.6 is 23.4 Å². The fourth-order valence-corrected chi connectivity index (χ4v) is 3.61. The Labute approximate surface area is 154 Å². The zero-order valence-corrected chi connectivity index (χ0v) is 16.2. The Morgan fingerprint density at radius 3 is 2.38 bits per heavy atom. The van der Waals surface area contributed by atoms with Gasteiger partial charge >= 0.3 is 0 Å². The Morgan fingerprint density at radius 1 is 1.08 bits per heavy atom. The van der Waals surface area contributed by atoms with Crippen molar-refractivity contribution >= 4 is 29.3 Å². The summed E-state index contributed by atoms with van der Waals surface area (Å²) in [6.45, 7) is 8.36. The fourth-order valence-electron chi connectivity index (χ4n) is 2.63. The standard InChI is InChI=1S/C20H24ClNOS/c1-13-11-15(3)19(12-14(13)2)16(4)22-20(23)9-10-24-18-7-5-17(21)6-8-18/h5-8,11-12,16H,9-10H2,1-4H3,(H,22,23)/t16-/m0/s1. The summed E-state index contributed by atoms with van der Waals surface area (Å²) in [5, 5.41) is 3.84. The third kappa shape index (κ3) is 5.29. The lowest BCUT2D eigenvalue weighted by molar-refractivity contribution is -0.121. The molecule has 0 spiro atoms. The maximum Gasteiger partial charge on any atom is 0.221 e. The van der Waals surface area contributed by atoms with Crippen molar-refractivity contribution in [2.45, 2.75) is 45.1 Å². The van der Waals surface area contributed by atoms with Crippen LogP contribution in [0.25, 0.3) is 0 Å². The van der Waals surface area contributed by atoms with E-state index < -0.39 is 0 Å². The van der Waals surface area contributed by atoms with Crippen LogP contribution in [-0.4, -0.2) is 11.7 Å². The van der Waals surface area contributed by atoms with E-state index in [4.69, 9.17) is 11.6 Å². The fraction of sp³-hybridized carbons (Fsp3) is 0.350. The summed E-state index contributed by atoms with van der Waals surface area (Å²) in [5.74, 6) is 0.841. The molecular formula is C20H24ClNOS. The van der Waals surface area contributed by atoms with E-state index in [1.54, 1.807) is 11.8 Å². The van der Waals surface area contributed by atoms with Crippen molar-refractivity contribution < 1.29 is 4.79 Å². The molecule has 4 heteroatoms. The van der Waals surface area contributed by atoms with Crippen LogP contribution in [0.15, 0.2) is 41.3 Å². The highest BCUT2D eigenvalue weighted by Crippen LogP contribution is 2.23. The molecular weight excluding hydrogens is 338 g/mol. The number of carbonyl (C=O) groups excluding carboxylic acids is 1. The van der Waals surface area contributed by atoms with Crippen molar-refractivity contribution in [3.05, 3.63) is 63.7 Å². The summed E-state index contributed by atoms with van der Waals surface area (Å²) in [6, 6.07) is 12.1. The van der Waals surface area contributed by atoms with Gasteiger partial charge in [0.05, 0.1) is 6.04 Å². The summed E-state index contributed by atoms with van der Waals surface area (Å²) in [4.78, 5) is 13.3. The minimum absolute atomic E-state index is 0.0253. The van der Waals surface area contributed by atoms with Gasteiger partial charge in [-0.1, -0.05) is 23.7 Å². The Balaban J connectivity index is 1.85. The Kier molecular flexibility index (Phi) is 6.76. The van der Waals surface area contributed by atoms with E-state index in [2.05, 4.69) is 38.2 Å². The molecule has 1 atom stereocenters. The van der Waals surface area contributed by atoms with Gasteiger partial charge in [-0.3, -0.25) is 4.79 Å². The van der Waals surface area contributed by atoms with Crippen molar-refractivity contribution in [3.63, 3.8) is 0 Å². The third-order valence-electron chi connectivity index (χ3n) is 4.14. The summed E-state index contributed by atoms with van der Waals surface area (Å²) < 4.78 is 0. The maximum absolute atomic E-state index is 12.2. The molecule has 2 nitrogen and oxygen atoms in total. The van der Waals surface area contributed by atoms with Crippen LogP contribution in [0.1, 0.15) is 41.6 Å². The lowest BCUT2D eigenvalue weighted by Crippen LogP contribution is -2.27. The first-order chi connectivity index (χ1) is 11.4. The molecule has 2 rings (SSSR count). The second-order valence-corrected chi connectivity index (χ2v) is 7.74. The number of amides is 1. The lowest BCUT2D eigenvalue weighted by atomic mass is 9.96. The zero-order chi connectivity index (χ0) is 17.7. The molecule has 2 aromatic carbocycles. The second-order valence-electron chi connectivity index (χ2n) is 6.13. The summed E-state index contributed by atoms with van der Waals surface area (Å²) >= 11 is 7.54. The van der Waals surface area contributed by atoms with Gasteiger partial charge < -0.3 is 5.32 Å². The van der Waals surface area contributed by atoms with E-state index in [0.717, 1.165) is 15.7 Å². The molecule has 0 radical (unpaired) electrons. The predicted octanol–water partition coefficient (Wildman–Crippen LogP) is 5.62. The van der Waals surface area contributed by atoms with E-state index >= 15 is 0 Å². The number of hydrogen-bond donors (Lipinski definition) is 1.